The van der Waals surface area contributed by atoms with Crippen LogP contribution in [0.5, 0.6) is 0 Å². The van der Waals surface area contributed by atoms with Crippen molar-refractivity contribution in [3.8, 4) is 0 Å². The van der Waals surface area contributed by atoms with Crippen LogP contribution in [-0.4, -0.2) is 54.7 Å². The van der Waals surface area contributed by atoms with Gasteiger partial charge in [0.2, 0.25) is 11.9 Å². The molecule has 0 fully saturated rings. The Hall–Kier alpha value is -1.48. The monoisotopic (exact) mass is 257 g/mol. The number of imidazole rings is 1. The maximum Gasteiger partial charge on any atom is 0.228 e. The van der Waals surface area contributed by atoms with E-state index in [9.17, 15) is 20.1 Å². The van der Waals surface area contributed by atoms with Crippen molar-refractivity contribution in [2.45, 2.75) is 31.3 Å². The van der Waals surface area contributed by atoms with Gasteiger partial charge in [0, 0.05) is 19.2 Å². The van der Waals surface area contributed by atoms with E-state index < -0.39 is 24.9 Å². The smallest absolute Gasteiger partial charge is 0.228 e. The van der Waals surface area contributed by atoms with Crippen molar-refractivity contribution in [1.29, 1.82) is 0 Å². The maximum atomic E-state index is 11.1. The number of aromatic nitrogens is 2. The van der Waals surface area contributed by atoms with Gasteiger partial charge in [-0.05, 0) is 0 Å². The van der Waals surface area contributed by atoms with Gasteiger partial charge in [0.1, 0.15) is 18.3 Å². The predicted octanol–water partition coefficient (Wildman–Crippen LogP) is -2.03. The molecule has 1 aromatic rings. The SMILES string of the molecule is O=C1CCn2cc([C@@H](O)[C@H](O)[C@H](O)CO)nc2N1. The number of amides is 1. The first-order valence-corrected chi connectivity index (χ1v) is 5.55. The van der Waals surface area contributed by atoms with Gasteiger partial charge >= 0.3 is 0 Å². The van der Waals surface area contributed by atoms with Gasteiger partial charge in [-0.1, -0.05) is 0 Å². The number of hydrogen-bond acceptors (Lipinski definition) is 6. The van der Waals surface area contributed by atoms with Crippen molar-refractivity contribution in [3.05, 3.63) is 11.9 Å². The van der Waals surface area contributed by atoms with Gasteiger partial charge in [0.25, 0.3) is 0 Å². The molecule has 1 aliphatic rings. The molecule has 0 aromatic carbocycles. The molecule has 0 aliphatic carbocycles. The largest absolute Gasteiger partial charge is 0.394 e. The Kier molecular flexibility index (Phi) is 3.62. The van der Waals surface area contributed by atoms with E-state index in [-0.39, 0.29) is 11.6 Å². The third-order valence-corrected chi connectivity index (χ3v) is 2.83. The molecule has 0 unspecified atom stereocenters. The second kappa shape index (κ2) is 5.02. The lowest BCUT2D eigenvalue weighted by Crippen LogP contribution is -2.34. The quantitative estimate of drug-likeness (QED) is 0.423. The second-order valence-electron chi connectivity index (χ2n) is 4.17. The van der Waals surface area contributed by atoms with Crippen LogP contribution in [0.25, 0.3) is 0 Å². The molecule has 1 amide bonds. The summed E-state index contributed by atoms with van der Waals surface area (Å²) in [6.07, 6.45) is -2.61. The third kappa shape index (κ3) is 2.36. The standard InChI is InChI=1S/C10H15N3O5/c14-4-6(15)9(18)8(17)5-3-13-2-1-7(16)12-10(13)11-5/h3,6,8-9,14-15,17-18H,1-2,4H2,(H,11,12,16)/t6-,8-,9-/m1/s1. The number of aliphatic hydroxyl groups excluding tert-OH is 4. The van der Waals surface area contributed by atoms with Crippen LogP contribution in [-0.2, 0) is 11.3 Å². The summed E-state index contributed by atoms with van der Waals surface area (Å²) in [7, 11) is 0. The first-order valence-electron chi connectivity index (χ1n) is 5.55. The molecule has 8 nitrogen and oxygen atoms in total. The molecule has 0 bridgehead atoms. The zero-order valence-electron chi connectivity index (χ0n) is 9.52. The molecule has 2 rings (SSSR count). The molecule has 3 atom stereocenters. The summed E-state index contributed by atoms with van der Waals surface area (Å²) < 4.78 is 1.64. The van der Waals surface area contributed by atoms with Gasteiger partial charge in [-0.3, -0.25) is 10.1 Å². The van der Waals surface area contributed by atoms with E-state index in [1.807, 2.05) is 0 Å². The Labute approximate surface area is 103 Å². The van der Waals surface area contributed by atoms with Crippen molar-refractivity contribution in [1.82, 2.24) is 9.55 Å². The van der Waals surface area contributed by atoms with Crippen molar-refractivity contribution in [2.24, 2.45) is 0 Å². The van der Waals surface area contributed by atoms with Crippen LogP contribution >= 0.6 is 0 Å². The van der Waals surface area contributed by atoms with Crippen LogP contribution in [0.2, 0.25) is 0 Å². The summed E-state index contributed by atoms with van der Waals surface area (Å²) in [5.74, 6) is 0.135. The van der Waals surface area contributed by atoms with E-state index in [0.717, 1.165) is 0 Å². The fourth-order valence-electron chi connectivity index (χ4n) is 1.75. The average Bonchev–Trinajstić information content (AvgIpc) is 2.78. The van der Waals surface area contributed by atoms with Gasteiger partial charge in [-0.2, -0.15) is 0 Å². The number of nitrogens with one attached hydrogen (secondary N) is 1. The lowest BCUT2D eigenvalue weighted by atomic mass is 10.1. The molecule has 1 aromatic heterocycles. The summed E-state index contributed by atoms with van der Waals surface area (Å²) in [6, 6.07) is 0. The molecule has 1 aliphatic heterocycles. The van der Waals surface area contributed by atoms with Crippen LogP contribution < -0.4 is 5.32 Å². The highest BCUT2D eigenvalue weighted by Gasteiger charge is 2.29. The zero-order valence-corrected chi connectivity index (χ0v) is 9.52. The molecular formula is C10H15N3O5. The normalized spacial score (nSPS) is 19.9. The summed E-state index contributed by atoms with van der Waals surface area (Å²) in [6.45, 7) is -0.220. The van der Waals surface area contributed by atoms with Gasteiger partial charge < -0.3 is 25.0 Å². The number of anilines is 1. The highest BCUT2D eigenvalue weighted by Crippen LogP contribution is 2.22. The number of fused-ring (bicyclic) bond motifs is 1. The summed E-state index contributed by atoms with van der Waals surface area (Å²) in [5.41, 5.74) is 0.132. The minimum atomic E-state index is -1.54. The van der Waals surface area contributed by atoms with Crippen LogP contribution in [0.4, 0.5) is 5.95 Å². The number of nitrogens with zero attached hydrogens (tertiary/aromatic N) is 2. The van der Waals surface area contributed by atoms with Crippen molar-refractivity contribution < 1.29 is 25.2 Å². The van der Waals surface area contributed by atoms with Gasteiger partial charge in [-0.25, -0.2) is 4.98 Å². The van der Waals surface area contributed by atoms with Gasteiger partial charge in [0.05, 0.1) is 12.3 Å². The van der Waals surface area contributed by atoms with Crippen LogP contribution in [0.1, 0.15) is 18.2 Å². The minimum Gasteiger partial charge on any atom is -0.394 e. The summed E-state index contributed by atoms with van der Waals surface area (Å²) in [4.78, 5) is 15.1. The molecule has 8 heteroatoms. The fraction of sp³-hybridized carbons (Fsp3) is 0.600. The molecule has 18 heavy (non-hydrogen) atoms. The molecule has 0 radical (unpaired) electrons. The van der Waals surface area contributed by atoms with Crippen molar-refractivity contribution in [3.63, 3.8) is 0 Å². The first kappa shape index (κ1) is 13.0. The molecule has 0 saturated carbocycles. The highest BCUT2D eigenvalue weighted by atomic mass is 16.4. The van der Waals surface area contributed by atoms with Crippen molar-refractivity contribution >= 4 is 11.9 Å². The molecule has 5 N–H and O–H groups in total. The Morgan fingerprint density at radius 2 is 2.17 bits per heavy atom. The zero-order chi connectivity index (χ0) is 13.3. The Balaban J connectivity index is 2.17. The van der Waals surface area contributed by atoms with Crippen LogP contribution in [0.15, 0.2) is 6.20 Å². The molecular weight excluding hydrogens is 242 g/mol. The predicted molar refractivity (Wildman–Crippen MR) is 59.5 cm³/mol. The van der Waals surface area contributed by atoms with Crippen LogP contribution in [0, 0.1) is 0 Å². The topological polar surface area (TPSA) is 128 Å². The van der Waals surface area contributed by atoms with E-state index in [4.69, 9.17) is 5.11 Å². The molecule has 0 saturated heterocycles. The van der Waals surface area contributed by atoms with Gasteiger partial charge in [0.15, 0.2) is 0 Å². The maximum absolute atomic E-state index is 11.1. The fourth-order valence-corrected chi connectivity index (χ4v) is 1.75. The van der Waals surface area contributed by atoms with E-state index >= 15 is 0 Å². The number of rotatable bonds is 4. The van der Waals surface area contributed by atoms with Crippen molar-refractivity contribution in [2.75, 3.05) is 11.9 Å². The molecule has 100 valence electrons. The second-order valence-corrected chi connectivity index (χ2v) is 4.17. The van der Waals surface area contributed by atoms with E-state index in [0.29, 0.717) is 18.9 Å². The number of carbonyl (C=O) groups excluding carboxylic acids is 1. The number of hydrogen-bond donors (Lipinski definition) is 5. The summed E-state index contributed by atoms with van der Waals surface area (Å²) >= 11 is 0. The number of aryl methyl sites for hydroxylation is 1. The van der Waals surface area contributed by atoms with E-state index in [1.165, 1.54) is 6.20 Å². The van der Waals surface area contributed by atoms with Crippen LogP contribution in [0.3, 0.4) is 0 Å². The van der Waals surface area contributed by atoms with E-state index in [1.54, 1.807) is 4.57 Å². The third-order valence-electron chi connectivity index (χ3n) is 2.83. The average molecular weight is 257 g/mol. The van der Waals surface area contributed by atoms with E-state index in [2.05, 4.69) is 10.3 Å². The summed E-state index contributed by atoms with van der Waals surface area (Å²) in [5, 5.41) is 39.8. The minimum absolute atomic E-state index is 0.132. The lowest BCUT2D eigenvalue weighted by molar-refractivity contribution is -0.116. The Morgan fingerprint density at radius 3 is 2.83 bits per heavy atom. The highest BCUT2D eigenvalue weighted by molar-refractivity contribution is 5.90. The Morgan fingerprint density at radius 1 is 1.44 bits per heavy atom. The number of aliphatic hydroxyl groups is 4. The molecule has 0 spiro atoms. The van der Waals surface area contributed by atoms with Gasteiger partial charge in [-0.15, -0.1) is 0 Å². The Bertz CT molecular complexity index is 447. The first-order chi connectivity index (χ1) is 8.52. The molecule has 2 heterocycles. The number of carbonyl (C=O) groups is 1. The lowest BCUT2D eigenvalue weighted by Gasteiger charge is -2.19.